The molecule has 0 aliphatic carbocycles. The summed E-state index contributed by atoms with van der Waals surface area (Å²) in [7, 11) is -3.69. The summed E-state index contributed by atoms with van der Waals surface area (Å²) in [4.78, 5) is 0.276. The fourth-order valence-electron chi connectivity index (χ4n) is 3.38. The lowest BCUT2D eigenvalue weighted by molar-refractivity contribution is 0.0539. The average molecular weight is 406 g/mol. The summed E-state index contributed by atoms with van der Waals surface area (Å²) in [6, 6.07) is 26.4. The minimum absolute atomic E-state index is 0.268. The van der Waals surface area contributed by atoms with E-state index in [1.807, 2.05) is 91.9 Å². The van der Waals surface area contributed by atoms with E-state index in [4.69, 9.17) is 4.74 Å². The number of aryl methyl sites for hydroxylation is 1. The fraction of sp³-hybridized carbons (Fsp3) is 0.167. The Morgan fingerprint density at radius 2 is 1.52 bits per heavy atom. The monoisotopic (exact) mass is 405 g/mol. The minimum Gasteiger partial charge on any atom is -0.349 e. The Kier molecular flexibility index (Phi) is 5.62. The molecule has 2 atom stereocenters. The largest absolute Gasteiger partial charge is 0.349 e. The predicted octanol–water partition coefficient (Wildman–Crippen LogP) is 4.80. The molecule has 1 saturated heterocycles. The third kappa shape index (κ3) is 4.32. The Morgan fingerprint density at radius 3 is 2.17 bits per heavy atom. The van der Waals surface area contributed by atoms with Crippen molar-refractivity contribution in [2.24, 2.45) is 0 Å². The molecule has 1 aliphatic rings. The lowest BCUT2D eigenvalue weighted by Gasteiger charge is -2.20. The molecular weight excluding hydrogens is 382 g/mol. The molecule has 4 rings (SSSR count). The predicted molar refractivity (Wildman–Crippen MR) is 115 cm³/mol. The van der Waals surface area contributed by atoms with Gasteiger partial charge in [-0.15, -0.1) is 0 Å². The number of rotatable bonds is 5. The van der Waals surface area contributed by atoms with Crippen molar-refractivity contribution in [2.45, 2.75) is 24.2 Å². The molecule has 0 spiro atoms. The Morgan fingerprint density at radius 1 is 0.897 bits per heavy atom. The van der Waals surface area contributed by atoms with E-state index in [0.29, 0.717) is 0 Å². The maximum absolute atomic E-state index is 13.4. The Bertz CT molecular complexity index is 1080. The lowest BCUT2D eigenvalue weighted by Crippen LogP contribution is -2.35. The van der Waals surface area contributed by atoms with E-state index < -0.39 is 16.3 Å². The van der Waals surface area contributed by atoms with E-state index in [-0.39, 0.29) is 17.5 Å². The maximum Gasteiger partial charge on any atom is 0.245 e. The molecule has 0 unspecified atom stereocenters. The number of hydrogen-bond acceptors (Lipinski definition) is 3. The summed E-state index contributed by atoms with van der Waals surface area (Å²) < 4.78 is 34.3. The number of ether oxygens (including phenoxy) is 1. The first kappa shape index (κ1) is 19.6. The zero-order valence-corrected chi connectivity index (χ0v) is 17.0. The molecule has 4 nitrogen and oxygen atoms in total. The number of hydrogen-bond donors (Lipinski definition) is 0. The summed E-state index contributed by atoms with van der Waals surface area (Å²) in [6.07, 6.45) is 2.72. The van der Waals surface area contributed by atoms with Crippen LogP contribution in [0.3, 0.4) is 0 Å². The molecule has 1 heterocycles. The van der Waals surface area contributed by atoms with Gasteiger partial charge in [0.05, 0.1) is 11.0 Å². The Hall–Kier alpha value is -2.73. The third-order valence-corrected chi connectivity index (χ3v) is 6.83. The SMILES string of the molecule is Cc1ccc(S(=O)(=O)N2C[C@H](c3ccccc3)O[C@H]2/C=C\c2ccccc2)cc1. The van der Waals surface area contributed by atoms with Gasteiger partial charge in [0.1, 0.15) is 6.23 Å². The van der Waals surface area contributed by atoms with Gasteiger partial charge in [-0.3, -0.25) is 0 Å². The van der Waals surface area contributed by atoms with Gasteiger partial charge in [-0.05, 0) is 36.3 Å². The molecule has 5 heteroatoms. The quantitative estimate of drug-likeness (QED) is 0.613. The molecule has 0 bridgehead atoms. The third-order valence-electron chi connectivity index (χ3n) is 4.99. The average Bonchev–Trinajstić information content (AvgIpc) is 3.19. The molecule has 148 valence electrons. The highest BCUT2D eigenvalue weighted by molar-refractivity contribution is 7.89. The van der Waals surface area contributed by atoms with E-state index in [2.05, 4.69) is 0 Å². The van der Waals surface area contributed by atoms with Crippen LogP contribution in [0.15, 0.2) is 95.9 Å². The molecule has 0 saturated carbocycles. The molecule has 29 heavy (non-hydrogen) atoms. The molecule has 1 aliphatic heterocycles. The lowest BCUT2D eigenvalue weighted by atomic mass is 10.1. The molecule has 0 aromatic heterocycles. The van der Waals surface area contributed by atoms with Crippen LogP contribution in [0, 0.1) is 6.92 Å². The van der Waals surface area contributed by atoms with Crippen molar-refractivity contribution >= 4 is 16.1 Å². The maximum atomic E-state index is 13.4. The summed E-state index contributed by atoms with van der Waals surface area (Å²) in [5.74, 6) is 0. The van der Waals surface area contributed by atoms with Crippen LogP contribution in [0.5, 0.6) is 0 Å². The van der Waals surface area contributed by atoms with E-state index in [1.165, 1.54) is 4.31 Å². The molecule has 1 fully saturated rings. The highest BCUT2D eigenvalue weighted by Gasteiger charge is 2.40. The highest BCUT2D eigenvalue weighted by Crippen LogP contribution is 2.34. The van der Waals surface area contributed by atoms with E-state index in [0.717, 1.165) is 16.7 Å². The van der Waals surface area contributed by atoms with Crippen LogP contribution in [-0.2, 0) is 14.8 Å². The molecule has 0 radical (unpaired) electrons. The van der Waals surface area contributed by atoms with Crippen LogP contribution >= 0.6 is 0 Å². The summed E-state index contributed by atoms with van der Waals surface area (Å²) >= 11 is 0. The second kappa shape index (κ2) is 8.33. The molecule has 0 N–H and O–H groups in total. The number of nitrogens with zero attached hydrogens (tertiary/aromatic N) is 1. The van der Waals surface area contributed by atoms with Crippen molar-refractivity contribution in [1.29, 1.82) is 0 Å². The van der Waals surface area contributed by atoms with E-state index in [1.54, 1.807) is 12.1 Å². The van der Waals surface area contributed by atoms with Gasteiger partial charge in [-0.1, -0.05) is 84.4 Å². The van der Waals surface area contributed by atoms with Crippen LogP contribution < -0.4 is 0 Å². The van der Waals surface area contributed by atoms with Crippen LogP contribution in [0.1, 0.15) is 22.8 Å². The Balaban J connectivity index is 1.67. The molecule has 3 aromatic carbocycles. The normalized spacial score (nSPS) is 20.3. The topological polar surface area (TPSA) is 46.6 Å². The van der Waals surface area contributed by atoms with Crippen molar-refractivity contribution in [1.82, 2.24) is 4.31 Å². The first-order valence-electron chi connectivity index (χ1n) is 9.56. The highest BCUT2D eigenvalue weighted by atomic mass is 32.2. The van der Waals surface area contributed by atoms with Crippen molar-refractivity contribution in [3.8, 4) is 0 Å². The first-order chi connectivity index (χ1) is 14.0. The second-order valence-electron chi connectivity index (χ2n) is 7.08. The Labute approximate surface area is 172 Å². The van der Waals surface area contributed by atoms with Gasteiger partial charge in [-0.2, -0.15) is 4.31 Å². The summed E-state index contributed by atoms with van der Waals surface area (Å²) in [6.45, 7) is 2.20. The van der Waals surface area contributed by atoms with Crippen LogP contribution in [0.4, 0.5) is 0 Å². The second-order valence-corrected chi connectivity index (χ2v) is 8.97. The van der Waals surface area contributed by atoms with Gasteiger partial charge in [0.25, 0.3) is 0 Å². The molecule has 3 aromatic rings. The minimum atomic E-state index is -3.69. The van der Waals surface area contributed by atoms with Gasteiger partial charge in [0.2, 0.25) is 10.0 Å². The van der Waals surface area contributed by atoms with Gasteiger partial charge in [-0.25, -0.2) is 8.42 Å². The van der Waals surface area contributed by atoms with Crippen LogP contribution in [0.25, 0.3) is 6.08 Å². The number of benzene rings is 3. The first-order valence-corrected chi connectivity index (χ1v) is 11.0. The van der Waals surface area contributed by atoms with Gasteiger partial charge < -0.3 is 4.74 Å². The van der Waals surface area contributed by atoms with Gasteiger partial charge >= 0.3 is 0 Å². The fourth-order valence-corrected chi connectivity index (χ4v) is 4.85. The zero-order valence-electron chi connectivity index (χ0n) is 16.2. The zero-order chi connectivity index (χ0) is 20.3. The standard InChI is InChI=1S/C24H23NO3S/c1-19-12-15-22(16-13-19)29(26,27)25-18-23(21-10-6-3-7-11-21)28-24(25)17-14-20-8-4-2-5-9-20/h2-17,23-24H,18H2,1H3/b17-14-/t23-,24+/m1/s1. The van der Waals surface area contributed by atoms with Crippen molar-refractivity contribution in [3.63, 3.8) is 0 Å². The van der Waals surface area contributed by atoms with E-state index in [9.17, 15) is 8.42 Å². The van der Waals surface area contributed by atoms with Crippen LogP contribution in [0.2, 0.25) is 0 Å². The molecule has 0 amide bonds. The van der Waals surface area contributed by atoms with Crippen molar-refractivity contribution < 1.29 is 13.2 Å². The molecular formula is C24H23NO3S. The van der Waals surface area contributed by atoms with E-state index >= 15 is 0 Å². The van der Waals surface area contributed by atoms with Gasteiger partial charge in [0.15, 0.2) is 0 Å². The van der Waals surface area contributed by atoms with Gasteiger partial charge in [0, 0.05) is 6.54 Å². The van der Waals surface area contributed by atoms with Crippen LogP contribution in [-0.4, -0.2) is 25.5 Å². The van der Waals surface area contributed by atoms with Crippen molar-refractivity contribution in [2.75, 3.05) is 6.54 Å². The summed E-state index contributed by atoms with van der Waals surface area (Å²) in [5.41, 5.74) is 2.98. The van der Waals surface area contributed by atoms with Crippen molar-refractivity contribution in [3.05, 3.63) is 108 Å². The smallest absolute Gasteiger partial charge is 0.245 e. The summed E-state index contributed by atoms with van der Waals surface area (Å²) in [5, 5.41) is 0. The number of sulfonamides is 1.